The molecule has 1 aromatic carbocycles. The third-order valence-corrected chi connectivity index (χ3v) is 2.58. The monoisotopic (exact) mass is 267 g/mol. The van der Waals surface area contributed by atoms with Crippen LogP contribution in [-0.2, 0) is 5.66 Å². The number of nitrogens with one attached hydrogen (secondary N) is 1. The van der Waals surface area contributed by atoms with E-state index >= 15 is 0 Å². The summed E-state index contributed by atoms with van der Waals surface area (Å²) in [6, 6.07) is 7.54. The van der Waals surface area contributed by atoms with Crippen molar-refractivity contribution in [3.8, 4) is 0 Å². The van der Waals surface area contributed by atoms with Crippen LogP contribution in [0.25, 0.3) is 0 Å². The number of hydrogen-bond acceptors (Lipinski definition) is 5. The van der Waals surface area contributed by atoms with Gasteiger partial charge in [-0.05, 0) is 17.7 Å². The lowest BCUT2D eigenvalue weighted by atomic mass is 10.0. The highest BCUT2D eigenvalue weighted by Gasteiger charge is 2.27. The molecule has 1 aliphatic rings. The van der Waals surface area contributed by atoms with E-state index in [1.165, 1.54) is 6.21 Å². The van der Waals surface area contributed by atoms with Crippen LogP contribution in [0.5, 0.6) is 0 Å². The van der Waals surface area contributed by atoms with E-state index in [9.17, 15) is 0 Å². The third kappa shape index (κ3) is 2.00. The van der Waals surface area contributed by atoms with Gasteiger partial charge in [-0.15, -0.1) is 0 Å². The predicted octanol–water partition coefficient (Wildman–Crippen LogP) is 0.464. The maximum absolute atomic E-state index is 6.05. The summed E-state index contributed by atoms with van der Waals surface area (Å²) in [5.74, 6) is 0.211. The molecule has 6 heteroatoms. The van der Waals surface area contributed by atoms with Gasteiger partial charge in [0, 0.05) is 4.47 Å². The zero-order valence-corrected chi connectivity index (χ0v) is 9.40. The van der Waals surface area contributed by atoms with Crippen LogP contribution in [0.2, 0.25) is 0 Å². The van der Waals surface area contributed by atoms with Gasteiger partial charge in [-0.3, -0.25) is 5.73 Å². The number of nitrogens with two attached hydrogens (primary N) is 2. The highest BCUT2D eigenvalue weighted by Crippen LogP contribution is 2.21. The zero-order chi connectivity index (χ0) is 10.9. The Bertz CT molecular complexity index is 425. The lowest BCUT2D eigenvalue weighted by Crippen LogP contribution is -2.45. The number of benzene rings is 1. The summed E-state index contributed by atoms with van der Waals surface area (Å²) < 4.78 is 0.984. The summed E-state index contributed by atoms with van der Waals surface area (Å²) in [6.07, 6.45) is 1.52. The molecule has 0 aromatic heterocycles. The van der Waals surface area contributed by atoms with Gasteiger partial charge in [0.1, 0.15) is 0 Å². The van der Waals surface area contributed by atoms with Gasteiger partial charge in [0.15, 0.2) is 5.66 Å². The lowest BCUT2D eigenvalue weighted by molar-refractivity contribution is 0.628. The van der Waals surface area contributed by atoms with Crippen molar-refractivity contribution in [2.24, 2.45) is 21.6 Å². The van der Waals surface area contributed by atoms with Gasteiger partial charge in [0.25, 0.3) is 0 Å². The summed E-state index contributed by atoms with van der Waals surface area (Å²) >= 11 is 3.35. The first-order valence-electron chi connectivity index (χ1n) is 4.31. The van der Waals surface area contributed by atoms with Crippen LogP contribution >= 0.6 is 15.9 Å². The molecule has 78 valence electrons. The van der Waals surface area contributed by atoms with Crippen LogP contribution in [0.1, 0.15) is 5.56 Å². The fourth-order valence-corrected chi connectivity index (χ4v) is 1.57. The first kappa shape index (κ1) is 10.1. The van der Waals surface area contributed by atoms with Gasteiger partial charge in [-0.25, -0.2) is 10.4 Å². The maximum Gasteiger partial charge on any atom is 0.212 e. The van der Waals surface area contributed by atoms with Crippen molar-refractivity contribution in [1.82, 2.24) is 5.43 Å². The fourth-order valence-electron chi connectivity index (χ4n) is 1.31. The van der Waals surface area contributed by atoms with E-state index in [2.05, 4.69) is 31.4 Å². The second kappa shape index (κ2) is 3.63. The van der Waals surface area contributed by atoms with Gasteiger partial charge >= 0.3 is 0 Å². The van der Waals surface area contributed by atoms with E-state index in [4.69, 9.17) is 11.5 Å². The van der Waals surface area contributed by atoms with E-state index < -0.39 is 5.66 Å². The molecule has 0 saturated carbocycles. The number of hydrazone groups is 1. The molecule has 1 unspecified atom stereocenters. The minimum Gasteiger partial charge on any atom is -0.368 e. The number of rotatable bonds is 1. The van der Waals surface area contributed by atoms with Crippen molar-refractivity contribution in [3.63, 3.8) is 0 Å². The van der Waals surface area contributed by atoms with Crippen molar-refractivity contribution < 1.29 is 0 Å². The van der Waals surface area contributed by atoms with Gasteiger partial charge in [-0.2, -0.15) is 5.10 Å². The van der Waals surface area contributed by atoms with Crippen molar-refractivity contribution in [2.45, 2.75) is 5.66 Å². The molecule has 0 fully saturated rings. The number of halogens is 1. The molecule has 1 atom stereocenters. The summed E-state index contributed by atoms with van der Waals surface area (Å²) in [5.41, 5.74) is 13.9. The Hall–Kier alpha value is -1.40. The van der Waals surface area contributed by atoms with Gasteiger partial charge < -0.3 is 5.73 Å². The molecule has 1 aliphatic heterocycles. The van der Waals surface area contributed by atoms with Crippen LogP contribution in [-0.4, -0.2) is 12.2 Å². The molecule has 0 aliphatic carbocycles. The summed E-state index contributed by atoms with van der Waals surface area (Å²) in [7, 11) is 0. The number of hydrogen-bond donors (Lipinski definition) is 3. The highest BCUT2D eigenvalue weighted by molar-refractivity contribution is 9.10. The molecule has 15 heavy (non-hydrogen) atoms. The number of guanidine groups is 1. The molecular weight excluding hydrogens is 258 g/mol. The minimum atomic E-state index is -0.976. The van der Waals surface area contributed by atoms with E-state index in [1.807, 2.05) is 24.3 Å². The standard InChI is InChI=1S/C9H10BrN5/c10-7-3-1-6(2-4-7)9(12)5-13-15-8(11)14-9/h1-5H,12H2,(H3,11,14,15). The van der Waals surface area contributed by atoms with E-state index in [-0.39, 0.29) is 5.96 Å². The summed E-state index contributed by atoms with van der Waals surface area (Å²) in [6.45, 7) is 0. The van der Waals surface area contributed by atoms with Crippen LogP contribution in [0.3, 0.4) is 0 Å². The topological polar surface area (TPSA) is 88.8 Å². The Morgan fingerprint density at radius 1 is 1.27 bits per heavy atom. The molecular formula is C9H10BrN5. The predicted molar refractivity (Wildman–Crippen MR) is 63.3 cm³/mol. The van der Waals surface area contributed by atoms with E-state index in [0.29, 0.717) is 0 Å². The number of aliphatic imine (C=N–C) groups is 1. The molecule has 0 spiro atoms. The Morgan fingerprint density at radius 2 is 1.93 bits per heavy atom. The second-order valence-electron chi connectivity index (χ2n) is 3.20. The summed E-state index contributed by atoms with van der Waals surface area (Å²) in [5, 5.41) is 3.84. The highest BCUT2D eigenvalue weighted by atomic mass is 79.9. The minimum absolute atomic E-state index is 0.211. The molecule has 0 radical (unpaired) electrons. The van der Waals surface area contributed by atoms with Crippen molar-refractivity contribution in [2.75, 3.05) is 0 Å². The summed E-state index contributed by atoms with van der Waals surface area (Å²) in [4.78, 5) is 4.11. The Morgan fingerprint density at radius 3 is 2.53 bits per heavy atom. The Labute approximate surface area is 95.4 Å². The Kier molecular flexibility index (Phi) is 2.45. The lowest BCUT2D eigenvalue weighted by Gasteiger charge is -2.24. The molecule has 1 heterocycles. The average molecular weight is 268 g/mol. The van der Waals surface area contributed by atoms with Crippen molar-refractivity contribution >= 4 is 28.1 Å². The van der Waals surface area contributed by atoms with Gasteiger partial charge in [0.05, 0.1) is 6.21 Å². The van der Waals surface area contributed by atoms with Crippen LogP contribution in [0.4, 0.5) is 0 Å². The SMILES string of the molecule is NC1=NC(N)(c2ccc(Br)cc2)C=NN1. The number of nitrogens with zero attached hydrogens (tertiary/aromatic N) is 2. The van der Waals surface area contributed by atoms with Gasteiger partial charge in [-0.1, -0.05) is 28.1 Å². The normalized spacial score (nSPS) is 24.5. The van der Waals surface area contributed by atoms with E-state index in [1.54, 1.807) is 0 Å². The average Bonchev–Trinajstić information content (AvgIpc) is 2.18. The fraction of sp³-hybridized carbons (Fsp3) is 0.111. The smallest absolute Gasteiger partial charge is 0.212 e. The second-order valence-corrected chi connectivity index (χ2v) is 4.11. The van der Waals surface area contributed by atoms with Crippen LogP contribution in [0, 0.1) is 0 Å². The molecule has 2 rings (SSSR count). The van der Waals surface area contributed by atoms with Crippen LogP contribution < -0.4 is 16.9 Å². The molecule has 0 bridgehead atoms. The first-order valence-corrected chi connectivity index (χ1v) is 5.10. The third-order valence-electron chi connectivity index (χ3n) is 2.05. The Balaban J connectivity index is 2.41. The van der Waals surface area contributed by atoms with Crippen molar-refractivity contribution in [1.29, 1.82) is 0 Å². The molecule has 5 nitrogen and oxygen atoms in total. The molecule has 1 aromatic rings. The zero-order valence-electron chi connectivity index (χ0n) is 7.81. The van der Waals surface area contributed by atoms with Crippen LogP contribution in [0.15, 0.2) is 38.8 Å². The molecule has 5 N–H and O–H groups in total. The van der Waals surface area contributed by atoms with Gasteiger partial charge in [0.2, 0.25) is 5.96 Å². The van der Waals surface area contributed by atoms with Crippen molar-refractivity contribution in [3.05, 3.63) is 34.3 Å². The molecule has 0 amide bonds. The maximum atomic E-state index is 6.05. The quantitative estimate of drug-likeness (QED) is 0.691. The first-order chi connectivity index (χ1) is 7.10. The molecule has 0 saturated heterocycles. The van der Waals surface area contributed by atoms with E-state index in [0.717, 1.165) is 10.0 Å². The largest absolute Gasteiger partial charge is 0.368 e.